The van der Waals surface area contributed by atoms with E-state index in [2.05, 4.69) is 57.4 Å². The Labute approximate surface area is 114 Å². The SMILES string of the molecule is Cc1cc(-c2noc(C3CNC3)n2)cc(C)c1Br. The van der Waals surface area contributed by atoms with E-state index < -0.39 is 0 Å². The van der Waals surface area contributed by atoms with E-state index in [4.69, 9.17) is 4.52 Å². The van der Waals surface area contributed by atoms with Gasteiger partial charge in [-0.1, -0.05) is 21.1 Å². The van der Waals surface area contributed by atoms with Gasteiger partial charge in [0, 0.05) is 23.1 Å². The summed E-state index contributed by atoms with van der Waals surface area (Å²) in [4.78, 5) is 4.48. The third kappa shape index (κ3) is 1.97. The summed E-state index contributed by atoms with van der Waals surface area (Å²) in [5, 5.41) is 7.27. The van der Waals surface area contributed by atoms with Gasteiger partial charge in [-0.2, -0.15) is 4.98 Å². The van der Waals surface area contributed by atoms with Gasteiger partial charge in [0.1, 0.15) is 0 Å². The summed E-state index contributed by atoms with van der Waals surface area (Å²) in [5.74, 6) is 1.79. The second kappa shape index (κ2) is 4.48. The molecule has 1 saturated heterocycles. The molecule has 0 radical (unpaired) electrons. The smallest absolute Gasteiger partial charge is 0.232 e. The summed E-state index contributed by atoms with van der Waals surface area (Å²) in [6, 6.07) is 4.15. The van der Waals surface area contributed by atoms with Gasteiger partial charge in [-0.05, 0) is 37.1 Å². The molecule has 0 spiro atoms. The van der Waals surface area contributed by atoms with Crippen molar-refractivity contribution < 1.29 is 4.52 Å². The lowest BCUT2D eigenvalue weighted by molar-refractivity contribution is 0.308. The highest BCUT2D eigenvalue weighted by Crippen LogP contribution is 2.28. The van der Waals surface area contributed by atoms with Gasteiger partial charge >= 0.3 is 0 Å². The maximum atomic E-state index is 5.32. The Morgan fingerprint density at radius 2 is 1.94 bits per heavy atom. The summed E-state index contributed by atoms with van der Waals surface area (Å²) in [5.41, 5.74) is 3.37. The van der Waals surface area contributed by atoms with Gasteiger partial charge in [-0.3, -0.25) is 0 Å². The van der Waals surface area contributed by atoms with Crippen molar-refractivity contribution in [2.75, 3.05) is 13.1 Å². The lowest BCUT2D eigenvalue weighted by atomic mass is 10.0. The number of aromatic nitrogens is 2. The van der Waals surface area contributed by atoms with Gasteiger partial charge in [-0.15, -0.1) is 0 Å². The van der Waals surface area contributed by atoms with Gasteiger partial charge in [0.2, 0.25) is 11.7 Å². The van der Waals surface area contributed by atoms with Crippen LogP contribution < -0.4 is 5.32 Å². The molecule has 0 amide bonds. The number of benzene rings is 1. The van der Waals surface area contributed by atoms with Crippen LogP contribution in [0.3, 0.4) is 0 Å². The molecule has 2 aromatic rings. The average Bonchev–Trinajstić information content (AvgIpc) is 2.72. The van der Waals surface area contributed by atoms with Gasteiger partial charge in [-0.25, -0.2) is 0 Å². The van der Waals surface area contributed by atoms with Crippen molar-refractivity contribution in [1.82, 2.24) is 15.5 Å². The summed E-state index contributed by atoms with van der Waals surface area (Å²) in [7, 11) is 0. The third-order valence-corrected chi connectivity index (χ3v) is 4.52. The van der Waals surface area contributed by atoms with Crippen LogP contribution in [0, 0.1) is 13.8 Å². The molecule has 0 unspecified atom stereocenters. The van der Waals surface area contributed by atoms with Crippen LogP contribution in [0.4, 0.5) is 0 Å². The number of rotatable bonds is 2. The molecule has 2 heterocycles. The molecule has 0 bridgehead atoms. The van der Waals surface area contributed by atoms with Crippen LogP contribution in [0.15, 0.2) is 21.1 Å². The van der Waals surface area contributed by atoms with Crippen molar-refractivity contribution in [2.24, 2.45) is 0 Å². The molecule has 1 fully saturated rings. The van der Waals surface area contributed by atoms with Crippen molar-refractivity contribution in [3.05, 3.63) is 33.6 Å². The number of hydrogen-bond acceptors (Lipinski definition) is 4. The number of halogens is 1. The second-order valence-electron chi connectivity index (χ2n) is 4.74. The van der Waals surface area contributed by atoms with E-state index in [-0.39, 0.29) is 0 Å². The molecular formula is C13H14BrN3O. The highest BCUT2D eigenvalue weighted by Gasteiger charge is 2.25. The molecule has 4 nitrogen and oxygen atoms in total. The molecule has 0 aliphatic carbocycles. The highest BCUT2D eigenvalue weighted by molar-refractivity contribution is 9.10. The van der Waals surface area contributed by atoms with Crippen LogP contribution in [0.2, 0.25) is 0 Å². The molecule has 3 rings (SSSR count). The predicted molar refractivity (Wildman–Crippen MR) is 72.5 cm³/mol. The lowest BCUT2D eigenvalue weighted by Gasteiger charge is -2.22. The van der Waals surface area contributed by atoms with Crippen LogP contribution in [0.25, 0.3) is 11.4 Å². The molecule has 5 heteroatoms. The molecular weight excluding hydrogens is 294 g/mol. The Morgan fingerprint density at radius 1 is 1.28 bits per heavy atom. The van der Waals surface area contributed by atoms with Crippen LogP contribution in [0.1, 0.15) is 22.9 Å². The Kier molecular flexibility index (Phi) is 2.95. The number of nitrogens with zero attached hydrogens (tertiary/aromatic N) is 2. The normalized spacial score (nSPS) is 15.7. The van der Waals surface area contributed by atoms with Gasteiger partial charge in [0.05, 0.1) is 5.92 Å². The first kappa shape index (κ1) is 11.9. The first-order valence-corrected chi connectivity index (χ1v) is 6.76. The standard InChI is InChI=1S/C13H14BrN3O/c1-7-3-9(4-8(2)11(7)14)12-16-13(18-17-12)10-5-15-6-10/h3-4,10,15H,5-6H2,1-2H3. The molecule has 18 heavy (non-hydrogen) atoms. The predicted octanol–water partition coefficient (Wildman–Crippen LogP) is 2.80. The van der Waals surface area contributed by atoms with Crippen LogP contribution in [-0.4, -0.2) is 23.2 Å². The Bertz CT molecular complexity index is 567. The van der Waals surface area contributed by atoms with E-state index in [0.717, 1.165) is 29.0 Å². The van der Waals surface area contributed by atoms with Gasteiger partial charge < -0.3 is 9.84 Å². The minimum Gasteiger partial charge on any atom is -0.339 e. The van der Waals surface area contributed by atoms with E-state index in [1.54, 1.807) is 0 Å². The van der Waals surface area contributed by atoms with Gasteiger partial charge in [0.25, 0.3) is 0 Å². The van der Waals surface area contributed by atoms with E-state index in [0.29, 0.717) is 11.7 Å². The fourth-order valence-corrected chi connectivity index (χ4v) is 2.29. The van der Waals surface area contributed by atoms with Crippen molar-refractivity contribution >= 4 is 15.9 Å². The Balaban J connectivity index is 1.96. The van der Waals surface area contributed by atoms with Crippen LogP contribution in [-0.2, 0) is 0 Å². The molecule has 0 atom stereocenters. The molecule has 1 aromatic carbocycles. The average molecular weight is 308 g/mol. The second-order valence-corrected chi connectivity index (χ2v) is 5.53. The molecule has 1 aliphatic heterocycles. The number of hydrogen-bond donors (Lipinski definition) is 1. The molecule has 1 aromatic heterocycles. The Morgan fingerprint density at radius 3 is 2.50 bits per heavy atom. The highest BCUT2D eigenvalue weighted by atomic mass is 79.9. The summed E-state index contributed by atoms with van der Waals surface area (Å²) in [6.45, 7) is 5.99. The zero-order valence-corrected chi connectivity index (χ0v) is 11.9. The van der Waals surface area contributed by atoms with Crippen molar-refractivity contribution in [2.45, 2.75) is 19.8 Å². The summed E-state index contributed by atoms with van der Waals surface area (Å²) >= 11 is 3.56. The van der Waals surface area contributed by atoms with E-state index in [1.165, 1.54) is 11.1 Å². The van der Waals surface area contributed by atoms with Crippen LogP contribution >= 0.6 is 15.9 Å². The van der Waals surface area contributed by atoms with Gasteiger partial charge in [0.15, 0.2) is 0 Å². The minimum atomic E-state index is 0.379. The van der Waals surface area contributed by atoms with E-state index in [1.807, 2.05) is 0 Å². The molecule has 0 saturated carbocycles. The van der Waals surface area contributed by atoms with E-state index >= 15 is 0 Å². The van der Waals surface area contributed by atoms with Crippen molar-refractivity contribution in [1.29, 1.82) is 0 Å². The maximum absolute atomic E-state index is 5.32. The quantitative estimate of drug-likeness (QED) is 0.927. The monoisotopic (exact) mass is 307 g/mol. The molecule has 94 valence electrons. The summed E-state index contributed by atoms with van der Waals surface area (Å²) < 4.78 is 6.46. The maximum Gasteiger partial charge on any atom is 0.232 e. The van der Waals surface area contributed by atoms with Crippen LogP contribution in [0.5, 0.6) is 0 Å². The first-order chi connectivity index (χ1) is 8.65. The molecule has 1 aliphatic rings. The fourth-order valence-electron chi connectivity index (χ4n) is 2.06. The topological polar surface area (TPSA) is 51.0 Å². The largest absolute Gasteiger partial charge is 0.339 e. The number of nitrogens with one attached hydrogen (secondary N) is 1. The van der Waals surface area contributed by atoms with Crippen molar-refractivity contribution in [3.8, 4) is 11.4 Å². The Hall–Kier alpha value is -1.20. The first-order valence-electron chi connectivity index (χ1n) is 5.96. The summed E-state index contributed by atoms with van der Waals surface area (Å²) in [6.07, 6.45) is 0. The third-order valence-electron chi connectivity index (χ3n) is 3.27. The number of aryl methyl sites for hydroxylation is 2. The lowest BCUT2D eigenvalue weighted by Crippen LogP contribution is -2.40. The van der Waals surface area contributed by atoms with E-state index in [9.17, 15) is 0 Å². The molecule has 1 N–H and O–H groups in total. The van der Waals surface area contributed by atoms with Crippen molar-refractivity contribution in [3.63, 3.8) is 0 Å². The fraction of sp³-hybridized carbons (Fsp3) is 0.385. The zero-order chi connectivity index (χ0) is 12.7. The minimum absolute atomic E-state index is 0.379. The zero-order valence-electron chi connectivity index (χ0n) is 10.3.